The van der Waals surface area contributed by atoms with Gasteiger partial charge in [0.05, 0.1) is 39.6 Å². The van der Waals surface area contributed by atoms with Crippen LogP contribution in [0, 0.1) is 13.8 Å². The average molecular weight is 286 g/mol. The molecule has 1 aromatic rings. The Hall–Kier alpha value is -1.34. The first-order valence-electron chi connectivity index (χ1n) is 6.44. The van der Waals surface area contributed by atoms with Crippen LogP contribution in [-0.4, -0.2) is 46.9 Å². The summed E-state index contributed by atoms with van der Waals surface area (Å²) >= 11 is 0. The number of aromatic hydroxyl groups is 2. The zero-order chi connectivity index (χ0) is 15.1. The van der Waals surface area contributed by atoms with Crippen molar-refractivity contribution in [3.8, 4) is 11.5 Å². The molecular weight excluding hydrogens is 264 g/mol. The Bertz CT molecular complexity index is 374. The van der Waals surface area contributed by atoms with Gasteiger partial charge in [0.15, 0.2) is 11.5 Å². The fourth-order valence-corrected chi connectivity index (χ4v) is 1.92. The maximum absolute atomic E-state index is 10.0. The summed E-state index contributed by atoms with van der Waals surface area (Å²) < 4.78 is 10.4. The van der Waals surface area contributed by atoms with E-state index in [-0.39, 0.29) is 51.1 Å². The fourth-order valence-electron chi connectivity index (χ4n) is 1.92. The van der Waals surface area contributed by atoms with Crippen molar-refractivity contribution < 1.29 is 29.9 Å². The van der Waals surface area contributed by atoms with E-state index < -0.39 is 0 Å². The molecule has 0 saturated heterocycles. The van der Waals surface area contributed by atoms with Crippen molar-refractivity contribution in [1.29, 1.82) is 0 Å². The molecule has 0 aliphatic carbocycles. The van der Waals surface area contributed by atoms with E-state index >= 15 is 0 Å². The Morgan fingerprint density at radius 3 is 1.40 bits per heavy atom. The highest BCUT2D eigenvalue weighted by molar-refractivity contribution is 5.57. The Labute approximate surface area is 118 Å². The van der Waals surface area contributed by atoms with Crippen LogP contribution in [0.15, 0.2) is 0 Å². The van der Waals surface area contributed by atoms with Gasteiger partial charge in [-0.15, -0.1) is 0 Å². The Kier molecular flexibility index (Phi) is 6.74. The van der Waals surface area contributed by atoms with Gasteiger partial charge >= 0.3 is 0 Å². The Morgan fingerprint density at radius 1 is 0.750 bits per heavy atom. The summed E-state index contributed by atoms with van der Waals surface area (Å²) in [5, 5.41) is 37.4. The minimum Gasteiger partial charge on any atom is -0.504 e. The van der Waals surface area contributed by atoms with Crippen LogP contribution in [0.1, 0.15) is 22.3 Å². The van der Waals surface area contributed by atoms with Gasteiger partial charge in [0, 0.05) is 11.1 Å². The lowest BCUT2D eigenvalue weighted by atomic mass is 9.96. The van der Waals surface area contributed by atoms with Crippen molar-refractivity contribution in [2.24, 2.45) is 0 Å². The predicted octanol–water partition coefficient (Wildman–Crippen LogP) is 0.732. The molecule has 1 rings (SSSR count). The van der Waals surface area contributed by atoms with Crippen LogP contribution in [0.5, 0.6) is 11.5 Å². The molecule has 1 aromatic carbocycles. The van der Waals surface area contributed by atoms with Crippen LogP contribution in [0.2, 0.25) is 0 Å². The second-order valence-electron chi connectivity index (χ2n) is 4.46. The molecule has 0 unspecified atom stereocenters. The molecular formula is C14H22O6. The van der Waals surface area contributed by atoms with E-state index in [2.05, 4.69) is 0 Å². The Morgan fingerprint density at radius 2 is 1.10 bits per heavy atom. The lowest BCUT2D eigenvalue weighted by Gasteiger charge is -2.18. The SMILES string of the molecule is Cc1c(C)c(COCCO)c(O)c(O)c1COCCO. The van der Waals surface area contributed by atoms with Crippen LogP contribution in [0.3, 0.4) is 0 Å². The molecule has 0 aromatic heterocycles. The van der Waals surface area contributed by atoms with Crippen LogP contribution in [-0.2, 0) is 22.7 Å². The highest BCUT2D eigenvalue weighted by Crippen LogP contribution is 2.38. The lowest BCUT2D eigenvalue weighted by molar-refractivity contribution is 0.0775. The maximum atomic E-state index is 10.0. The van der Waals surface area contributed by atoms with E-state index in [1.54, 1.807) is 0 Å². The molecule has 0 aliphatic heterocycles. The first-order valence-corrected chi connectivity index (χ1v) is 6.44. The van der Waals surface area contributed by atoms with E-state index in [0.717, 1.165) is 11.1 Å². The summed E-state index contributed by atoms with van der Waals surface area (Å²) in [5.74, 6) is -0.456. The van der Waals surface area contributed by atoms with Crippen LogP contribution in [0.25, 0.3) is 0 Å². The minimum atomic E-state index is -0.228. The van der Waals surface area contributed by atoms with E-state index in [1.807, 2.05) is 13.8 Å². The van der Waals surface area contributed by atoms with Crippen LogP contribution < -0.4 is 0 Å². The van der Waals surface area contributed by atoms with Gasteiger partial charge in [0.1, 0.15) is 0 Å². The number of hydrogen-bond acceptors (Lipinski definition) is 6. The summed E-state index contributed by atoms with van der Waals surface area (Å²) in [6.45, 7) is 4.01. The van der Waals surface area contributed by atoms with Crippen molar-refractivity contribution in [2.45, 2.75) is 27.1 Å². The summed E-state index contributed by atoms with van der Waals surface area (Å²) in [7, 11) is 0. The topological polar surface area (TPSA) is 99.4 Å². The molecule has 0 saturated carbocycles. The van der Waals surface area contributed by atoms with Gasteiger partial charge in [-0.3, -0.25) is 0 Å². The molecule has 20 heavy (non-hydrogen) atoms. The van der Waals surface area contributed by atoms with Crippen LogP contribution in [0.4, 0.5) is 0 Å². The smallest absolute Gasteiger partial charge is 0.163 e. The standard InChI is InChI=1S/C14H22O6/c1-9-10(2)12(8-20-6-4-16)14(18)13(17)11(9)7-19-5-3-15/h15-18H,3-8H2,1-2H3. The molecule has 4 N–H and O–H groups in total. The summed E-state index contributed by atoms with van der Waals surface area (Å²) in [5.41, 5.74) is 2.61. The number of aliphatic hydroxyl groups excluding tert-OH is 2. The monoisotopic (exact) mass is 286 g/mol. The van der Waals surface area contributed by atoms with Gasteiger partial charge in [-0.05, 0) is 25.0 Å². The van der Waals surface area contributed by atoms with E-state index in [4.69, 9.17) is 19.7 Å². The molecule has 0 heterocycles. The quantitative estimate of drug-likeness (QED) is 0.415. The third-order valence-electron chi connectivity index (χ3n) is 3.23. The largest absolute Gasteiger partial charge is 0.504 e. The first kappa shape index (κ1) is 16.7. The number of phenols is 2. The van der Waals surface area contributed by atoms with Crippen molar-refractivity contribution in [2.75, 3.05) is 26.4 Å². The number of benzene rings is 1. The van der Waals surface area contributed by atoms with Gasteiger partial charge in [-0.2, -0.15) is 0 Å². The van der Waals surface area contributed by atoms with Crippen molar-refractivity contribution in [1.82, 2.24) is 0 Å². The molecule has 0 spiro atoms. The highest BCUT2D eigenvalue weighted by atomic mass is 16.5. The molecule has 114 valence electrons. The van der Waals surface area contributed by atoms with Crippen molar-refractivity contribution in [3.05, 3.63) is 22.3 Å². The maximum Gasteiger partial charge on any atom is 0.163 e. The average Bonchev–Trinajstić information content (AvgIpc) is 2.44. The van der Waals surface area contributed by atoms with Gasteiger partial charge in [-0.25, -0.2) is 0 Å². The second-order valence-corrected chi connectivity index (χ2v) is 4.46. The number of ether oxygens (including phenoxy) is 2. The number of aliphatic hydroxyl groups is 2. The molecule has 6 heteroatoms. The molecule has 0 atom stereocenters. The van der Waals surface area contributed by atoms with Crippen molar-refractivity contribution >= 4 is 0 Å². The summed E-state index contributed by atoms with van der Waals surface area (Å²) in [6, 6.07) is 0. The van der Waals surface area contributed by atoms with Gasteiger partial charge in [0.2, 0.25) is 0 Å². The van der Waals surface area contributed by atoms with E-state index in [0.29, 0.717) is 11.1 Å². The first-order chi connectivity index (χ1) is 9.54. The van der Waals surface area contributed by atoms with E-state index in [1.165, 1.54) is 0 Å². The predicted molar refractivity (Wildman–Crippen MR) is 72.7 cm³/mol. The van der Waals surface area contributed by atoms with Crippen molar-refractivity contribution in [3.63, 3.8) is 0 Å². The lowest BCUT2D eigenvalue weighted by Crippen LogP contribution is -2.06. The third-order valence-corrected chi connectivity index (χ3v) is 3.23. The number of phenolic OH excluding ortho intramolecular Hbond substituents is 2. The van der Waals surface area contributed by atoms with Crippen LogP contribution >= 0.6 is 0 Å². The molecule has 0 amide bonds. The number of rotatable bonds is 8. The molecule has 0 aliphatic rings. The summed E-state index contributed by atoms with van der Waals surface area (Å²) in [6.07, 6.45) is 0. The minimum absolute atomic E-state index is 0.0993. The normalized spacial score (nSPS) is 11.0. The molecule has 0 fully saturated rings. The molecule has 0 radical (unpaired) electrons. The van der Waals surface area contributed by atoms with Gasteiger partial charge in [-0.1, -0.05) is 0 Å². The van der Waals surface area contributed by atoms with E-state index in [9.17, 15) is 10.2 Å². The zero-order valence-electron chi connectivity index (χ0n) is 11.8. The second kappa shape index (κ2) is 8.06. The van der Waals surface area contributed by atoms with Gasteiger partial charge in [0.25, 0.3) is 0 Å². The Balaban J connectivity index is 3.00. The number of hydrogen-bond donors (Lipinski definition) is 4. The zero-order valence-corrected chi connectivity index (χ0v) is 11.8. The molecule has 6 nitrogen and oxygen atoms in total. The third kappa shape index (κ3) is 3.83. The fraction of sp³-hybridized carbons (Fsp3) is 0.571. The molecule has 0 bridgehead atoms. The summed E-state index contributed by atoms with van der Waals surface area (Å²) in [4.78, 5) is 0. The van der Waals surface area contributed by atoms with Gasteiger partial charge < -0.3 is 29.9 Å². The highest BCUT2D eigenvalue weighted by Gasteiger charge is 2.19.